The van der Waals surface area contributed by atoms with E-state index in [1.54, 1.807) is 24.3 Å². The first kappa shape index (κ1) is 19.7. The van der Waals surface area contributed by atoms with Gasteiger partial charge in [-0.3, -0.25) is 4.90 Å². The first-order chi connectivity index (χ1) is 13.8. The molecule has 2 aromatic carbocycles. The fraction of sp³-hybridized carbons (Fsp3) is 0.150. The van der Waals surface area contributed by atoms with Gasteiger partial charge in [-0.25, -0.2) is 22.0 Å². The smallest absolute Gasteiger partial charge is 0.291 e. The average Bonchev–Trinajstić information content (AvgIpc) is 3.10. The second kappa shape index (κ2) is 7.31. The van der Waals surface area contributed by atoms with Crippen LogP contribution < -0.4 is 9.21 Å². The van der Waals surface area contributed by atoms with Gasteiger partial charge in [-0.15, -0.1) is 11.8 Å². The second-order valence-corrected chi connectivity index (χ2v) is 9.15. The molecule has 150 valence electrons. The number of amides is 2. The number of halogens is 2. The number of carbonyl (C=O) groups excluding carboxylic acids is 1. The number of allylic oxidation sites excluding steroid dienone is 2. The lowest BCUT2D eigenvalue weighted by molar-refractivity contribution is 0.253. The Kier molecular flexibility index (Phi) is 4.95. The van der Waals surface area contributed by atoms with E-state index in [1.165, 1.54) is 40.9 Å². The molecule has 2 amide bonds. The van der Waals surface area contributed by atoms with Crippen LogP contribution in [0, 0.1) is 11.7 Å². The van der Waals surface area contributed by atoms with E-state index in [9.17, 15) is 22.0 Å². The Hall–Kier alpha value is -2.65. The number of sulfonamides is 1. The molecule has 0 saturated heterocycles. The summed E-state index contributed by atoms with van der Waals surface area (Å²) in [6.45, 7) is -0.107. The highest BCUT2D eigenvalue weighted by Gasteiger charge is 2.43. The van der Waals surface area contributed by atoms with Gasteiger partial charge in [0, 0.05) is 17.4 Å². The molecule has 2 aromatic rings. The van der Waals surface area contributed by atoms with Gasteiger partial charge in [0.2, 0.25) is 0 Å². The molecule has 1 unspecified atom stereocenters. The number of urea groups is 1. The zero-order valence-corrected chi connectivity index (χ0v) is 16.9. The SMILES string of the molecule is CSc1cccc(N2C(=O)N(CC3C=CC=C3F)c3ccc(F)cc3S2(=O)=O)c1. The molecule has 9 heteroatoms. The summed E-state index contributed by atoms with van der Waals surface area (Å²) in [5.74, 6) is -1.87. The molecule has 0 N–H and O–H groups in total. The summed E-state index contributed by atoms with van der Waals surface area (Å²) in [6, 6.07) is 8.83. The van der Waals surface area contributed by atoms with Crippen molar-refractivity contribution in [2.75, 3.05) is 22.0 Å². The molecule has 29 heavy (non-hydrogen) atoms. The van der Waals surface area contributed by atoms with E-state index in [-0.39, 0.29) is 22.8 Å². The van der Waals surface area contributed by atoms with Crippen LogP contribution in [0.25, 0.3) is 0 Å². The van der Waals surface area contributed by atoms with Crippen LogP contribution in [0.3, 0.4) is 0 Å². The Balaban J connectivity index is 1.88. The number of hydrogen-bond acceptors (Lipinski definition) is 4. The van der Waals surface area contributed by atoms with E-state index in [2.05, 4.69) is 0 Å². The van der Waals surface area contributed by atoms with Crippen molar-refractivity contribution >= 4 is 39.2 Å². The minimum atomic E-state index is -4.35. The van der Waals surface area contributed by atoms with E-state index in [0.29, 0.717) is 4.31 Å². The van der Waals surface area contributed by atoms with Crippen LogP contribution in [0.2, 0.25) is 0 Å². The van der Waals surface area contributed by atoms with Crippen LogP contribution in [0.4, 0.5) is 25.0 Å². The third-order valence-electron chi connectivity index (χ3n) is 4.76. The fourth-order valence-electron chi connectivity index (χ4n) is 3.34. The molecule has 0 spiro atoms. The largest absolute Gasteiger partial charge is 0.343 e. The second-order valence-electron chi connectivity index (χ2n) is 6.52. The summed E-state index contributed by atoms with van der Waals surface area (Å²) >= 11 is 1.39. The summed E-state index contributed by atoms with van der Waals surface area (Å²) in [7, 11) is -4.35. The quantitative estimate of drug-likeness (QED) is 0.654. The maximum atomic E-state index is 14.0. The van der Waals surface area contributed by atoms with Gasteiger partial charge in [0.1, 0.15) is 16.5 Å². The van der Waals surface area contributed by atoms with Crippen molar-refractivity contribution in [2.45, 2.75) is 9.79 Å². The first-order valence-electron chi connectivity index (χ1n) is 8.67. The Bertz CT molecular complexity index is 1160. The lowest BCUT2D eigenvalue weighted by Gasteiger charge is -2.37. The molecule has 5 nitrogen and oxygen atoms in total. The van der Waals surface area contributed by atoms with Crippen molar-refractivity contribution in [1.82, 2.24) is 0 Å². The topological polar surface area (TPSA) is 57.7 Å². The van der Waals surface area contributed by atoms with Gasteiger partial charge in [0.25, 0.3) is 10.0 Å². The Labute approximate surface area is 171 Å². The monoisotopic (exact) mass is 434 g/mol. The van der Waals surface area contributed by atoms with Gasteiger partial charge in [-0.05, 0) is 48.7 Å². The van der Waals surface area contributed by atoms with Crippen molar-refractivity contribution in [3.8, 4) is 0 Å². The third-order valence-corrected chi connectivity index (χ3v) is 7.21. The first-order valence-corrected chi connectivity index (χ1v) is 11.3. The van der Waals surface area contributed by atoms with E-state index < -0.39 is 33.6 Å². The maximum absolute atomic E-state index is 14.0. The molecular weight excluding hydrogens is 418 g/mol. The van der Waals surface area contributed by atoms with Crippen molar-refractivity contribution < 1.29 is 22.0 Å². The van der Waals surface area contributed by atoms with Gasteiger partial charge < -0.3 is 0 Å². The molecule has 1 heterocycles. The summed E-state index contributed by atoms with van der Waals surface area (Å²) in [4.78, 5) is 14.9. The Morgan fingerprint density at radius 1 is 1.14 bits per heavy atom. The molecule has 0 aromatic heterocycles. The van der Waals surface area contributed by atoms with Crippen molar-refractivity contribution in [1.29, 1.82) is 0 Å². The number of benzene rings is 2. The van der Waals surface area contributed by atoms with Crippen LogP contribution in [0.1, 0.15) is 0 Å². The molecule has 0 bridgehead atoms. The molecule has 0 fully saturated rings. The van der Waals surface area contributed by atoms with Crippen molar-refractivity contribution in [3.05, 3.63) is 72.3 Å². The van der Waals surface area contributed by atoms with Gasteiger partial charge in [0.05, 0.1) is 11.4 Å². The minimum absolute atomic E-state index is 0.0294. The van der Waals surface area contributed by atoms with Crippen molar-refractivity contribution in [3.63, 3.8) is 0 Å². The van der Waals surface area contributed by atoms with Crippen LogP contribution in [0.15, 0.2) is 76.3 Å². The molecule has 0 radical (unpaired) electrons. The highest BCUT2D eigenvalue weighted by Crippen LogP contribution is 2.39. The third kappa shape index (κ3) is 3.34. The lowest BCUT2D eigenvalue weighted by atomic mass is 10.1. The van der Waals surface area contributed by atoms with Gasteiger partial charge >= 0.3 is 6.03 Å². The number of anilines is 2. The number of hydrogen-bond donors (Lipinski definition) is 0. The number of thioether (sulfide) groups is 1. The molecular formula is C20H16F2N2O3S2. The predicted molar refractivity (Wildman–Crippen MR) is 109 cm³/mol. The zero-order chi connectivity index (χ0) is 20.8. The van der Waals surface area contributed by atoms with Crippen molar-refractivity contribution in [2.24, 2.45) is 5.92 Å². The number of fused-ring (bicyclic) bond motifs is 1. The summed E-state index contributed by atoms with van der Waals surface area (Å²) in [6.07, 6.45) is 6.25. The molecule has 1 aliphatic carbocycles. The molecule has 2 aliphatic rings. The standard InChI is InChI=1S/C20H16F2N2O3S2/c1-28-16-6-3-5-15(11-16)24-20(25)23(12-13-4-2-7-17(13)22)18-9-8-14(21)10-19(18)29(24,26)27/h2-11,13H,12H2,1H3. The normalized spacial score (nSPS) is 20.0. The predicted octanol–water partition coefficient (Wildman–Crippen LogP) is 4.72. The van der Waals surface area contributed by atoms with Gasteiger partial charge in [-0.2, -0.15) is 4.31 Å². The van der Waals surface area contributed by atoms with Gasteiger partial charge in [0.15, 0.2) is 0 Å². The average molecular weight is 434 g/mol. The zero-order valence-electron chi connectivity index (χ0n) is 15.2. The van der Waals surface area contributed by atoms with E-state index >= 15 is 0 Å². The maximum Gasteiger partial charge on any atom is 0.343 e. The van der Waals surface area contributed by atoms with Crippen LogP contribution in [0.5, 0.6) is 0 Å². The number of carbonyl (C=O) groups is 1. The number of rotatable bonds is 4. The molecule has 1 aliphatic heterocycles. The summed E-state index contributed by atoms with van der Waals surface area (Å²) in [5.41, 5.74) is 0.168. The van der Waals surface area contributed by atoms with E-state index in [0.717, 1.165) is 17.0 Å². The summed E-state index contributed by atoms with van der Waals surface area (Å²) < 4.78 is 55.0. The lowest BCUT2D eigenvalue weighted by Crippen LogP contribution is -2.52. The molecule has 0 saturated carbocycles. The van der Waals surface area contributed by atoms with E-state index in [4.69, 9.17) is 0 Å². The van der Waals surface area contributed by atoms with Gasteiger partial charge in [-0.1, -0.05) is 18.2 Å². The Morgan fingerprint density at radius 3 is 2.62 bits per heavy atom. The molecule has 1 atom stereocenters. The molecule has 4 rings (SSSR count). The summed E-state index contributed by atoms with van der Waals surface area (Å²) in [5, 5.41) is 0. The van der Waals surface area contributed by atoms with Crippen LogP contribution in [-0.4, -0.2) is 27.2 Å². The fourth-order valence-corrected chi connectivity index (χ4v) is 5.39. The van der Waals surface area contributed by atoms with E-state index in [1.807, 2.05) is 6.26 Å². The van der Waals surface area contributed by atoms with Crippen LogP contribution >= 0.6 is 11.8 Å². The highest BCUT2D eigenvalue weighted by molar-refractivity contribution is 7.98. The Morgan fingerprint density at radius 2 is 1.93 bits per heavy atom. The number of nitrogens with zero attached hydrogens (tertiary/aromatic N) is 2. The highest BCUT2D eigenvalue weighted by atomic mass is 32.2. The minimum Gasteiger partial charge on any atom is -0.291 e. The van der Waals surface area contributed by atoms with Crippen LogP contribution in [-0.2, 0) is 10.0 Å².